The molecule has 2 fully saturated rings. The zero-order chi connectivity index (χ0) is 19.4. The molecule has 7 nitrogen and oxygen atoms in total. The van der Waals surface area contributed by atoms with Crippen LogP contribution in [0.4, 0.5) is 0 Å². The number of sulfonamides is 1. The third-order valence-electron chi connectivity index (χ3n) is 5.52. The van der Waals surface area contributed by atoms with Gasteiger partial charge in [0.05, 0.1) is 7.11 Å². The maximum atomic E-state index is 13.1. The molecule has 2 aliphatic rings. The second-order valence-electron chi connectivity index (χ2n) is 7.40. The Labute approximate surface area is 173 Å². The number of carbonyl (C=O) groups is 1. The summed E-state index contributed by atoms with van der Waals surface area (Å²) in [6.07, 6.45) is 4.02. The van der Waals surface area contributed by atoms with Crippen LogP contribution in [0.2, 0.25) is 0 Å². The number of ether oxygens (including phenoxy) is 1. The van der Waals surface area contributed by atoms with Crippen LogP contribution < -0.4 is 14.8 Å². The van der Waals surface area contributed by atoms with Gasteiger partial charge < -0.3 is 15.0 Å². The highest BCUT2D eigenvalue weighted by atomic mass is 35.5. The van der Waals surface area contributed by atoms with E-state index < -0.39 is 10.0 Å². The summed E-state index contributed by atoms with van der Waals surface area (Å²) in [5, 5.41) is 3.20. The minimum atomic E-state index is -3.78. The Balaban J connectivity index is 0.00000280. The first-order valence-corrected chi connectivity index (χ1v) is 11.1. The molecule has 9 heteroatoms. The molecule has 1 aliphatic carbocycles. The summed E-state index contributed by atoms with van der Waals surface area (Å²) >= 11 is 0. The van der Waals surface area contributed by atoms with E-state index in [0.29, 0.717) is 24.6 Å². The summed E-state index contributed by atoms with van der Waals surface area (Å²) in [6, 6.07) is 4.56. The Morgan fingerprint density at radius 1 is 1.21 bits per heavy atom. The van der Waals surface area contributed by atoms with Crippen molar-refractivity contribution in [3.8, 4) is 5.75 Å². The molecule has 0 bridgehead atoms. The number of carbonyl (C=O) groups excluding carboxylic acids is 1. The fraction of sp³-hybridized carbons (Fsp3) is 0.632. The Morgan fingerprint density at radius 2 is 1.89 bits per heavy atom. The van der Waals surface area contributed by atoms with Crippen molar-refractivity contribution in [2.45, 2.75) is 43.5 Å². The van der Waals surface area contributed by atoms with Gasteiger partial charge in [0.25, 0.3) is 5.91 Å². The van der Waals surface area contributed by atoms with Crippen LogP contribution in [-0.2, 0) is 10.0 Å². The van der Waals surface area contributed by atoms with E-state index >= 15 is 0 Å². The monoisotopic (exact) mass is 431 g/mol. The van der Waals surface area contributed by atoms with Crippen LogP contribution in [0.3, 0.4) is 0 Å². The smallest absolute Gasteiger partial charge is 0.253 e. The van der Waals surface area contributed by atoms with Crippen LogP contribution in [0.15, 0.2) is 23.1 Å². The highest BCUT2D eigenvalue weighted by molar-refractivity contribution is 7.89. The average Bonchev–Trinajstić information content (AvgIpc) is 2.69. The number of nitrogens with one attached hydrogen (secondary N) is 2. The molecule has 1 aromatic carbocycles. The number of piperazine rings is 1. The lowest BCUT2D eigenvalue weighted by molar-refractivity contribution is 0.0735. The zero-order valence-corrected chi connectivity index (χ0v) is 18.1. The topological polar surface area (TPSA) is 87.7 Å². The van der Waals surface area contributed by atoms with E-state index in [1.54, 1.807) is 17.0 Å². The highest BCUT2D eigenvalue weighted by Crippen LogP contribution is 2.29. The Hall–Kier alpha value is -1.35. The summed E-state index contributed by atoms with van der Waals surface area (Å²) in [4.78, 5) is 14.5. The maximum Gasteiger partial charge on any atom is 0.253 e. The first-order valence-electron chi connectivity index (χ1n) is 9.63. The summed E-state index contributed by atoms with van der Waals surface area (Å²) in [5.74, 6) is 0.398. The Kier molecular flexibility index (Phi) is 8.12. The fourth-order valence-electron chi connectivity index (χ4n) is 3.82. The molecule has 2 atom stereocenters. The van der Waals surface area contributed by atoms with Crippen molar-refractivity contribution in [3.63, 3.8) is 0 Å². The number of hydrogen-bond acceptors (Lipinski definition) is 5. The van der Waals surface area contributed by atoms with Crippen LogP contribution in [-0.4, -0.2) is 58.6 Å². The molecule has 0 aromatic heterocycles. The summed E-state index contributed by atoms with van der Waals surface area (Å²) in [6.45, 7) is 4.80. The molecule has 2 N–H and O–H groups in total. The molecule has 2 unspecified atom stereocenters. The van der Waals surface area contributed by atoms with Crippen LogP contribution in [0.25, 0.3) is 0 Å². The van der Waals surface area contributed by atoms with Gasteiger partial charge in [-0.1, -0.05) is 19.8 Å². The van der Waals surface area contributed by atoms with Gasteiger partial charge in [-0.25, -0.2) is 13.1 Å². The zero-order valence-electron chi connectivity index (χ0n) is 16.4. The van der Waals surface area contributed by atoms with Gasteiger partial charge >= 0.3 is 0 Å². The first-order chi connectivity index (χ1) is 12.9. The van der Waals surface area contributed by atoms with E-state index in [2.05, 4.69) is 17.0 Å². The van der Waals surface area contributed by atoms with Gasteiger partial charge in [-0.05, 0) is 37.0 Å². The number of hydrogen-bond donors (Lipinski definition) is 2. The van der Waals surface area contributed by atoms with Gasteiger partial charge in [-0.3, -0.25) is 4.79 Å². The fourth-order valence-corrected chi connectivity index (χ4v) is 5.40. The van der Waals surface area contributed by atoms with E-state index in [-0.39, 0.29) is 35.0 Å². The molecule has 1 saturated heterocycles. The Bertz CT molecular complexity index is 781. The van der Waals surface area contributed by atoms with Gasteiger partial charge in [0.1, 0.15) is 10.6 Å². The summed E-state index contributed by atoms with van der Waals surface area (Å²) in [5.41, 5.74) is 0.370. The molecule has 0 spiro atoms. The molecule has 1 amide bonds. The molecule has 158 valence electrons. The van der Waals surface area contributed by atoms with E-state index in [1.807, 2.05) is 0 Å². The normalized spacial score (nSPS) is 23.0. The molecule has 1 aromatic rings. The van der Waals surface area contributed by atoms with E-state index in [9.17, 15) is 13.2 Å². The third-order valence-corrected chi connectivity index (χ3v) is 7.03. The molecule has 28 heavy (non-hydrogen) atoms. The van der Waals surface area contributed by atoms with Crippen molar-refractivity contribution >= 4 is 28.3 Å². The molecule has 1 saturated carbocycles. The molecule has 1 heterocycles. The Morgan fingerprint density at radius 3 is 2.54 bits per heavy atom. The molecule has 0 radical (unpaired) electrons. The maximum absolute atomic E-state index is 13.1. The van der Waals surface area contributed by atoms with Gasteiger partial charge in [0.15, 0.2) is 0 Å². The lowest BCUT2D eigenvalue weighted by Gasteiger charge is -2.29. The first kappa shape index (κ1) is 22.9. The van der Waals surface area contributed by atoms with Gasteiger partial charge in [0, 0.05) is 37.8 Å². The van der Waals surface area contributed by atoms with Crippen LogP contribution in [0.1, 0.15) is 43.0 Å². The largest absolute Gasteiger partial charge is 0.495 e. The second-order valence-corrected chi connectivity index (χ2v) is 9.08. The van der Waals surface area contributed by atoms with Gasteiger partial charge in [-0.15, -0.1) is 12.4 Å². The van der Waals surface area contributed by atoms with Gasteiger partial charge in [0.2, 0.25) is 10.0 Å². The van der Waals surface area contributed by atoms with Crippen molar-refractivity contribution in [1.82, 2.24) is 14.9 Å². The predicted octanol–water partition coefficient (Wildman–Crippen LogP) is 2.02. The lowest BCUT2D eigenvalue weighted by atomic mass is 9.87. The molecule has 3 rings (SSSR count). The number of methoxy groups -OCH3 is 1. The van der Waals surface area contributed by atoms with Gasteiger partial charge in [-0.2, -0.15) is 0 Å². The molecular weight excluding hydrogens is 402 g/mol. The standard InChI is InChI=1S/C19H29N3O4S.ClH/c1-14-5-3-4-6-16(14)21-27(24,25)18-13-15(7-8-17(18)26-2)19(23)22-11-9-20-10-12-22;/h7-8,13-14,16,20-21H,3-6,9-12H2,1-2H3;1H. The minimum absolute atomic E-state index is 0. The summed E-state index contributed by atoms with van der Waals surface area (Å²) < 4.78 is 34.2. The van der Waals surface area contributed by atoms with Crippen molar-refractivity contribution in [3.05, 3.63) is 23.8 Å². The second kappa shape index (κ2) is 9.91. The van der Waals surface area contributed by atoms with Crippen LogP contribution >= 0.6 is 12.4 Å². The van der Waals surface area contributed by atoms with Crippen molar-refractivity contribution in [1.29, 1.82) is 0 Å². The predicted molar refractivity (Wildman–Crippen MR) is 111 cm³/mol. The molecular formula is C19H30ClN3O4S. The number of nitrogens with zero attached hydrogens (tertiary/aromatic N) is 1. The summed E-state index contributed by atoms with van der Waals surface area (Å²) in [7, 11) is -2.34. The third kappa shape index (κ3) is 5.17. The van der Waals surface area contributed by atoms with Crippen molar-refractivity contribution in [2.24, 2.45) is 5.92 Å². The number of rotatable bonds is 5. The van der Waals surface area contributed by atoms with Crippen molar-refractivity contribution in [2.75, 3.05) is 33.3 Å². The van der Waals surface area contributed by atoms with E-state index in [1.165, 1.54) is 13.2 Å². The SMILES string of the molecule is COc1ccc(C(=O)N2CCNCC2)cc1S(=O)(=O)NC1CCCCC1C.Cl. The van der Waals surface area contributed by atoms with Crippen molar-refractivity contribution < 1.29 is 17.9 Å². The van der Waals surface area contributed by atoms with Crippen LogP contribution in [0.5, 0.6) is 5.75 Å². The average molecular weight is 432 g/mol. The number of halogens is 1. The van der Waals surface area contributed by atoms with Crippen LogP contribution in [0, 0.1) is 5.92 Å². The number of amides is 1. The number of benzene rings is 1. The quantitative estimate of drug-likeness (QED) is 0.744. The highest BCUT2D eigenvalue weighted by Gasteiger charge is 2.29. The lowest BCUT2D eigenvalue weighted by Crippen LogP contribution is -2.46. The molecule has 1 aliphatic heterocycles. The van der Waals surface area contributed by atoms with E-state index in [4.69, 9.17) is 4.74 Å². The minimum Gasteiger partial charge on any atom is -0.495 e. The van der Waals surface area contributed by atoms with E-state index in [0.717, 1.165) is 38.8 Å².